The lowest BCUT2D eigenvalue weighted by Gasteiger charge is -2.11. The quantitative estimate of drug-likeness (QED) is 0.716. The van der Waals surface area contributed by atoms with Gasteiger partial charge in [-0.05, 0) is 20.8 Å². The van der Waals surface area contributed by atoms with E-state index in [9.17, 15) is 0 Å². The maximum absolute atomic E-state index is 5.13. The predicted molar refractivity (Wildman–Crippen MR) is 51.1 cm³/mol. The normalized spacial score (nSPS) is 13.2. The second-order valence-corrected chi connectivity index (χ2v) is 3.12. The molecule has 0 radical (unpaired) electrons. The Morgan fingerprint density at radius 2 is 2.38 bits per heavy atom. The highest BCUT2D eigenvalue weighted by molar-refractivity contribution is 5.18. The van der Waals surface area contributed by atoms with Gasteiger partial charge < -0.3 is 4.84 Å². The third-order valence-corrected chi connectivity index (χ3v) is 1.92. The summed E-state index contributed by atoms with van der Waals surface area (Å²) >= 11 is 0. The molecule has 4 heteroatoms. The van der Waals surface area contributed by atoms with Gasteiger partial charge in [-0.2, -0.15) is 10.6 Å². The van der Waals surface area contributed by atoms with Crippen molar-refractivity contribution < 1.29 is 4.84 Å². The first kappa shape index (κ1) is 10.2. The smallest absolute Gasteiger partial charge is 0.0654 e. The molecule has 0 aliphatic carbocycles. The second kappa shape index (κ2) is 4.39. The summed E-state index contributed by atoms with van der Waals surface area (Å²) in [6.07, 6.45) is 2.01. The molecule has 13 heavy (non-hydrogen) atoms. The van der Waals surface area contributed by atoms with Gasteiger partial charge in [0.05, 0.1) is 18.3 Å². The minimum atomic E-state index is 0.189. The van der Waals surface area contributed by atoms with Crippen molar-refractivity contribution in [2.75, 3.05) is 6.61 Å². The van der Waals surface area contributed by atoms with Crippen LogP contribution in [0.2, 0.25) is 0 Å². The van der Waals surface area contributed by atoms with Crippen molar-refractivity contribution in [3.8, 4) is 0 Å². The van der Waals surface area contributed by atoms with E-state index in [1.807, 2.05) is 31.8 Å². The van der Waals surface area contributed by atoms with E-state index in [4.69, 9.17) is 4.84 Å². The van der Waals surface area contributed by atoms with Crippen LogP contribution in [0.4, 0.5) is 0 Å². The van der Waals surface area contributed by atoms with E-state index in [-0.39, 0.29) is 6.04 Å². The van der Waals surface area contributed by atoms with Crippen LogP contribution in [0.15, 0.2) is 6.20 Å². The fourth-order valence-corrected chi connectivity index (χ4v) is 1.31. The van der Waals surface area contributed by atoms with Crippen LogP contribution in [0.5, 0.6) is 0 Å². The summed E-state index contributed by atoms with van der Waals surface area (Å²) in [7, 11) is 1.92. The largest absolute Gasteiger partial charge is 0.302 e. The Bertz CT molecular complexity index is 270. The third kappa shape index (κ3) is 2.54. The Morgan fingerprint density at radius 3 is 2.85 bits per heavy atom. The Morgan fingerprint density at radius 1 is 1.69 bits per heavy atom. The zero-order valence-corrected chi connectivity index (χ0v) is 8.66. The maximum Gasteiger partial charge on any atom is 0.0654 e. The first-order valence-electron chi connectivity index (χ1n) is 4.52. The monoisotopic (exact) mass is 183 g/mol. The van der Waals surface area contributed by atoms with Gasteiger partial charge in [0, 0.05) is 18.8 Å². The maximum atomic E-state index is 5.13. The molecule has 0 fully saturated rings. The van der Waals surface area contributed by atoms with Gasteiger partial charge in [0.1, 0.15) is 0 Å². The van der Waals surface area contributed by atoms with Crippen molar-refractivity contribution in [1.29, 1.82) is 0 Å². The molecule has 4 nitrogen and oxygen atoms in total. The van der Waals surface area contributed by atoms with Gasteiger partial charge in [-0.1, -0.05) is 0 Å². The molecule has 0 amide bonds. The highest BCUT2D eigenvalue weighted by Gasteiger charge is 2.10. The second-order valence-electron chi connectivity index (χ2n) is 3.12. The molecule has 0 aliphatic heterocycles. The molecule has 0 spiro atoms. The topological polar surface area (TPSA) is 39.1 Å². The van der Waals surface area contributed by atoms with E-state index in [0.717, 1.165) is 5.69 Å². The molecule has 1 atom stereocenters. The Hall–Kier alpha value is -0.870. The van der Waals surface area contributed by atoms with Gasteiger partial charge in [0.2, 0.25) is 0 Å². The van der Waals surface area contributed by atoms with E-state index in [2.05, 4.69) is 17.5 Å². The summed E-state index contributed by atoms with van der Waals surface area (Å²) in [5.74, 6) is 0. The zero-order valence-electron chi connectivity index (χ0n) is 8.66. The van der Waals surface area contributed by atoms with E-state index >= 15 is 0 Å². The lowest BCUT2D eigenvalue weighted by Crippen LogP contribution is -2.19. The number of hydrogen-bond acceptors (Lipinski definition) is 3. The number of rotatable bonds is 4. The first-order valence-corrected chi connectivity index (χ1v) is 4.52. The molecule has 0 aliphatic rings. The summed E-state index contributed by atoms with van der Waals surface area (Å²) < 4.78 is 1.81. The Labute approximate surface area is 78.8 Å². The lowest BCUT2D eigenvalue weighted by atomic mass is 10.1. The minimum Gasteiger partial charge on any atom is -0.302 e. The van der Waals surface area contributed by atoms with Crippen molar-refractivity contribution in [2.45, 2.75) is 26.8 Å². The summed E-state index contributed by atoms with van der Waals surface area (Å²) in [6.45, 7) is 6.68. The van der Waals surface area contributed by atoms with Gasteiger partial charge in [0.15, 0.2) is 0 Å². The minimum absolute atomic E-state index is 0.189. The number of hydrogen-bond donors (Lipinski definition) is 1. The van der Waals surface area contributed by atoms with Crippen LogP contribution < -0.4 is 5.48 Å². The van der Waals surface area contributed by atoms with Gasteiger partial charge >= 0.3 is 0 Å². The number of aryl methyl sites for hydroxylation is 2. The summed E-state index contributed by atoms with van der Waals surface area (Å²) in [4.78, 5) is 5.13. The van der Waals surface area contributed by atoms with E-state index in [1.165, 1.54) is 5.56 Å². The Balaban J connectivity index is 2.64. The van der Waals surface area contributed by atoms with Crippen LogP contribution in [-0.2, 0) is 11.9 Å². The zero-order chi connectivity index (χ0) is 9.84. The first-order chi connectivity index (χ1) is 6.15. The Kier molecular flexibility index (Phi) is 3.45. The molecule has 1 aromatic heterocycles. The van der Waals surface area contributed by atoms with E-state index in [0.29, 0.717) is 6.61 Å². The molecular weight excluding hydrogens is 166 g/mol. The van der Waals surface area contributed by atoms with Gasteiger partial charge in [-0.25, -0.2) is 0 Å². The average molecular weight is 183 g/mol. The lowest BCUT2D eigenvalue weighted by molar-refractivity contribution is 0.0283. The van der Waals surface area contributed by atoms with Crippen molar-refractivity contribution in [3.63, 3.8) is 0 Å². The van der Waals surface area contributed by atoms with E-state index in [1.54, 1.807) is 0 Å². The fourth-order valence-electron chi connectivity index (χ4n) is 1.31. The van der Waals surface area contributed by atoms with Crippen LogP contribution in [0, 0.1) is 6.92 Å². The molecule has 0 saturated heterocycles. The number of nitrogens with one attached hydrogen (secondary N) is 1. The summed E-state index contributed by atoms with van der Waals surface area (Å²) in [5, 5.41) is 4.26. The highest BCUT2D eigenvalue weighted by Crippen LogP contribution is 2.14. The van der Waals surface area contributed by atoms with Crippen LogP contribution >= 0.6 is 0 Å². The van der Waals surface area contributed by atoms with Crippen molar-refractivity contribution in [3.05, 3.63) is 17.5 Å². The molecule has 1 aromatic rings. The van der Waals surface area contributed by atoms with Crippen molar-refractivity contribution in [2.24, 2.45) is 7.05 Å². The van der Waals surface area contributed by atoms with Gasteiger partial charge in [0.25, 0.3) is 0 Å². The number of hydroxylamine groups is 1. The molecule has 74 valence electrons. The van der Waals surface area contributed by atoms with Crippen LogP contribution in [0.25, 0.3) is 0 Å². The SMILES string of the molecule is CCONC(C)c1cn(C)nc1C. The van der Waals surface area contributed by atoms with Crippen LogP contribution in [-0.4, -0.2) is 16.4 Å². The van der Waals surface area contributed by atoms with Crippen molar-refractivity contribution >= 4 is 0 Å². The van der Waals surface area contributed by atoms with Crippen LogP contribution in [0.3, 0.4) is 0 Å². The molecule has 1 rings (SSSR count). The third-order valence-electron chi connectivity index (χ3n) is 1.92. The molecular formula is C9H17N3O. The number of aromatic nitrogens is 2. The fraction of sp³-hybridized carbons (Fsp3) is 0.667. The summed E-state index contributed by atoms with van der Waals surface area (Å²) in [6, 6.07) is 0.189. The molecule has 1 unspecified atom stereocenters. The van der Waals surface area contributed by atoms with E-state index < -0.39 is 0 Å². The van der Waals surface area contributed by atoms with Crippen LogP contribution in [0.1, 0.15) is 31.1 Å². The standard InChI is InChI=1S/C9H17N3O/c1-5-13-11-8(3)9-6-12(4)10-7(9)2/h6,8,11H,5H2,1-4H3. The highest BCUT2D eigenvalue weighted by atomic mass is 16.6. The average Bonchev–Trinajstić information content (AvgIpc) is 2.41. The van der Waals surface area contributed by atoms with Gasteiger partial charge in [-0.15, -0.1) is 0 Å². The number of nitrogens with zero attached hydrogens (tertiary/aromatic N) is 2. The molecule has 0 bridgehead atoms. The van der Waals surface area contributed by atoms with Gasteiger partial charge in [-0.3, -0.25) is 4.68 Å². The van der Waals surface area contributed by atoms with Crippen molar-refractivity contribution in [1.82, 2.24) is 15.3 Å². The molecule has 0 aromatic carbocycles. The molecule has 1 N–H and O–H groups in total. The summed E-state index contributed by atoms with van der Waals surface area (Å²) in [5.41, 5.74) is 5.17. The predicted octanol–water partition coefficient (Wildman–Crippen LogP) is 1.33. The molecule has 0 saturated carbocycles. The molecule has 1 heterocycles.